The van der Waals surface area contributed by atoms with Crippen molar-refractivity contribution in [2.24, 2.45) is 0 Å². The molecule has 0 bridgehead atoms. The second-order valence-corrected chi connectivity index (χ2v) is 19.9. The second-order valence-electron chi connectivity index (χ2n) is 17.8. The maximum absolute atomic E-state index is 17.4. The van der Waals surface area contributed by atoms with Crippen LogP contribution < -0.4 is 14.4 Å². The molecule has 3 saturated heterocycles. The number of anilines is 1. The normalized spacial score (nSPS) is 22.3. The molecule has 0 aliphatic carbocycles. The van der Waals surface area contributed by atoms with Crippen molar-refractivity contribution >= 4 is 43.8 Å². The number of aliphatic hydroxyl groups is 1. The van der Waals surface area contributed by atoms with E-state index in [9.17, 15) is 18.3 Å². The van der Waals surface area contributed by atoms with Crippen molar-refractivity contribution in [3.8, 4) is 23.0 Å². The quantitative estimate of drug-likeness (QED) is 0.147. The first-order valence-corrected chi connectivity index (χ1v) is 22.2. The van der Waals surface area contributed by atoms with Gasteiger partial charge in [-0.2, -0.15) is 27.0 Å². The van der Waals surface area contributed by atoms with E-state index in [1.807, 2.05) is 11.8 Å². The Bertz CT molecular complexity index is 2410. The number of rotatable bonds is 13. The summed E-state index contributed by atoms with van der Waals surface area (Å²) in [5.74, 6) is -0.456. The number of halogens is 2. The molecule has 3 atom stereocenters. The molecule has 0 saturated carbocycles. The smallest absolute Gasteiger partial charge is 0.425 e. The van der Waals surface area contributed by atoms with E-state index in [1.165, 1.54) is 33.5 Å². The minimum absolute atomic E-state index is 0.0614. The molecule has 4 aromatic rings. The molecule has 61 heavy (non-hydrogen) atoms. The summed E-state index contributed by atoms with van der Waals surface area (Å²) in [5.41, 5.74) is -1.89. The highest BCUT2D eigenvalue weighted by Gasteiger charge is 2.51. The highest BCUT2D eigenvalue weighted by atomic mass is 32.2. The van der Waals surface area contributed by atoms with Crippen molar-refractivity contribution in [1.29, 1.82) is 0 Å². The first kappa shape index (κ1) is 44.6. The van der Waals surface area contributed by atoms with Crippen molar-refractivity contribution in [3.05, 3.63) is 47.7 Å². The molecule has 7 rings (SSSR count). The molecule has 0 radical (unpaired) electrons. The van der Waals surface area contributed by atoms with Crippen LogP contribution in [0, 0.1) is 11.6 Å². The average molecular weight is 870 g/mol. The number of fused-ring (bicyclic) bond motifs is 3. The molecule has 5 heterocycles. The Labute approximate surface area is 356 Å². The lowest BCUT2D eigenvalue weighted by Crippen LogP contribution is -2.53. The van der Waals surface area contributed by atoms with E-state index < -0.39 is 44.7 Å². The fourth-order valence-corrected chi connectivity index (χ4v) is 10.1. The van der Waals surface area contributed by atoms with E-state index in [0.29, 0.717) is 84.0 Å². The maximum Gasteiger partial charge on any atom is 0.425 e. The minimum Gasteiger partial charge on any atom is -0.468 e. The van der Waals surface area contributed by atoms with Gasteiger partial charge in [-0.3, -0.25) is 9.88 Å². The number of pyridine rings is 1. The number of hydrogen-bond donors (Lipinski definition) is 1. The highest BCUT2D eigenvalue weighted by molar-refractivity contribution is 7.87. The molecule has 0 spiro atoms. The number of methoxy groups -OCH3 is 1. The minimum atomic E-state index is -4.18. The Morgan fingerprint density at radius 2 is 1.82 bits per heavy atom. The summed E-state index contributed by atoms with van der Waals surface area (Å²) in [6.07, 6.45) is 4.92. The van der Waals surface area contributed by atoms with E-state index >= 15 is 8.78 Å². The fourth-order valence-electron chi connectivity index (χ4n) is 9.12. The summed E-state index contributed by atoms with van der Waals surface area (Å²) in [4.78, 5) is 31.6. The second kappa shape index (κ2) is 17.0. The number of aromatic nitrogens is 3. The van der Waals surface area contributed by atoms with Gasteiger partial charge in [-0.1, -0.05) is 13.0 Å². The maximum atomic E-state index is 17.4. The van der Waals surface area contributed by atoms with Gasteiger partial charge in [0.25, 0.3) is 0 Å². The van der Waals surface area contributed by atoms with Crippen LogP contribution in [-0.2, 0) is 26.1 Å². The van der Waals surface area contributed by atoms with Gasteiger partial charge in [-0.05, 0) is 114 Å². The van der Waals surface area contributed by atoms with Gasteiger partial charge in [-0.15, -0.1) is 0 Å². The number of piperidine rings is 1. The largest absolute Gasteiger partial charge is 0.468 e. The summed E-state index contributed by atoms with van der Waals surface area (Å²) >= 11 is 0. The summed E-state index contributed by atoms with van der Waals surface area (Å²) in [6, 6.07) is 5.97. The molecule has 1 amide bonds. The molecule has 1 N–H and O–H groups in total. The fraction of sp³-hybridized carbons (Fsp3) is 0.581. The van der Waals surface area contributed by atoms with E-state index in [2.05, 4.69) is 14.9 Å². The molecule has 18 heteroatoms. The van der Waals surface area contributed by atoms with Crippen molar-refractivity contribution in [1.82, 2.24) is 28.5 Å². The first-order chi connectivity index (χ1) is 28.8. The van der Waals surface area contributed by atoms with Crippen LogP contribution in [-0.4, -0.2) is 132 Å². The molecule has 2 aromatic carbocycles. The summed E-state index contributed by atoms with van der Waals surface area (Å²) in [5, 5.41) is 12.6. The molecular formula is C43H57F2N7O8S. The van der Waals surface area contributed by atoms with Crippen molar-refractivity contribution in [2.45, 2.75) is 102 Å². The van der Waals surface area contributed by atoms with Gasteiger partial charge in [0, 0.05) is 52.1 Å². The van der Waals surface area contributed by atoms with Gasteiger partial charge in [-0.25, -0.2) is 13.6 Å². The molecule has 3 aliphatic rings. The lowest BCUT2D eigenvalue weighted by Gasteiger charge is -2.38. The number of carbonyl (C=O) groups is 1. The molecule has 2 aromatic heterocycles. The lowest BCUT2D eigenvalue weighted by molar-refractivity contribution is 0.0316. The summed E-state index contributed by atoms with van der Waals surface area (Å²) in [7, 11) is 0.0582. The van der Waals surface area contributed by atoms with Gasteiger partial charge in [0.05, 0.1) is 23.1 Å². The number of aryl methyl sites for hydroxylation is 1. The topological polar surface area (TPSA) is 160 Å². The number of benzene rings is 2. The molecule has 0 unspecified atom stereocenters. The first-order valence-electron chi connectivity index (χ1n) is 20.8. The van der Waals surface area contributed by atoms with Crippen LogP contribution in [0.3, 0.4) is 0 Å². The van der Waals surface area contributed by atoms with Crippen LogP contribution in [0.4, 0.5) is 19.4 Å². The van der Waals surface area contributed by atoms with Crippen molar-refractivity contribution in [2.75, 3.05) is 65.7 Å². The summed E-state index contributed by atoms with van der Waals surface area (Å²) < 4.78 is 84.4. The standard InChI is InChI=1S/C43H57F2N7O8S/c1-9-30-33(44)13-12-27-20-29(59-26-57-8)21-31(34(27)30)36-35(45)37-32(22-46-36)38(50-18-10-15-42(5,54)24-50)48-39(47-37)58-25-43-16-11-19-51(43)28(14-17-43)23-52(61(55,56)49(6)7)40(53)60-41(2,3)4/h12-13,20-22,28,54H,9-11,14-19,23-26H2,1-8H3/t28-,42+,43+/m0/s1. The Balaban J connectivity index is 1.27. The number of hydrogen-bond acceptors (Lipinski definition) is 13. The zero-order chi connectivity index (χ0) is 44.1. The van der Waals surface area contributed by atoms with E-state index in [0.717, 1.165) is 21.5 Å². The lowest BCUT2D eigenvalue weighted by atomic mass is 9.94. The number of nitrogens with zero attached hydrogens (tertiary/aromatic N) is 7. The predicted octanol–water partition coefficient (Wildman–Crippen LogP) is 6.44. The van der Waals surface area contributed by atoms with Gasteiger partial charge >= 0.3 is 22.3 Å². The van der Waals surface area contributed by atoms with Gasteiger partial charge in [0.1, 0.15) is 40.8 Å². The Kier molecular flexibility index (Phi) is 12.4. The molecule has 15 nitrogen and oxygen atoms in total. The number of amides is 1. The number of carbonyl (C=O) groups excluding carboxylic acids is 1. The zero-order valence-electron chi connectivity index (χ0n) is 36.3. The summed E-state index contributed by atoms with van der Waals surface area (Å²) in [6.45, 7) is 9.99. The third-order valence-corrected chi connectivity index (χ3v) is 13.7. The van der Waals surface area contributed by atoms with Gasteiger partial charge < -0.3 is 29.0 Å². The molecule has 332 valence electrons. The van der Waals surface area contributed by atoms with E-state index in [-0.39, 0.29) is 49.8 Å². The Morgan fingerprint density at radius 3 is 2.51 bits per heavy atom. The van der Waals surface area contributed by atoms with Crippen molar-refractivity contribution in [3.63, 3.8) is 0 Å². The van der Waals surface area contributed by atoms with E-state index in [4.69, 9.17) is 23.9 Å². The zero-order valence-corrected chi connectivity index (χ0v) is 37.1. The van der Waals surface area contributed by atoms with Crippen molar-refractivity contribution < 1.29 is 46.0 Å². The molecular weight excluding hydrogens is 813 g/mol. The average Bonchev–Trinajstić information content (AvgIpc) is 3.76. The number of ether oxygens (including phenoxy) is 4. The third kappa shape index (κ3) is 8.92. The predicted molar refractivity (Wildman–Crippen MR) is 227 cm³/mol. The Hall–Kier alpha value is -4.49. The Morgan fingerprint density at radius 1 is 1.07 bits per heavy atom. The van der Waals surface area contributed by atoms with Gasteiger partial charge in [0.2, 0.25) is 0 Å². The number of β-amino-alcohol motifs (C(OH)–C–C–N with tert-alkyl or cyclic N) is 1. The molecule has 3 aliphatic heterocycles. The monoisotopic (exact) mass is 869 g/mol. The third-order valence-electron chi connectivity index (χ3n) is 11.9. The van der Waals surface area contributed by atoms with E-state index in [1.54, 1.807) is 45.9 Å². The van der Waals surface area contributed by atoms with Crippen LogP contribution in [0.15, 0.2) is 30.5 Å². The highest BCUT2D eigenvalue weighted by Crippen LogP contribution is 2.44. The van der Waals surface area contributed by atoms with Crippen LogP contribution in [0.1, 0.15) is 78.7 Å². The van der Waals surface area contributed by atoms with Crippen LogP contribution in [0.5, 0.6) is 11.8 Å². The van der Waals surface area contributed by atoms with Crippen LogP contribution in [0.2, 0.25) is 0 Å². The van der Waals surface area contributed by atoms with Crippen LogP contribution >= 0.6 is 0 Å². The van der Waals surface area contributed by atoms with Crippen LogP contribution in [0.25, 0.3) is 32.9 Å². The van der Waals surface area contributed by atoms with Gasteiger partial charge in [0.15, 0.2) is 12.6 Å². The molecule has 3 fully saturated rings. The SMILES string of the molecule is CCc1c(F)ccc2cc(OCOC)cc(-c3ncc4c(N5CCC[C@@](C)(O)C5)nc(OC[C@]56CCCN5[C@H](CN(C(=O)OC(C)(C)C)S(=O)(=O)N(C)C)CC6)nc4c3F)c12.